The van der Waals surface area contributed by atoms with Crippen molar-refractivity contribution >= 4 is 33.2 Å². The van der Waals surface area contributed by atoms with Gasteiger partial charge in [-0.05, 0) is 48.4 Å². The molecule has 0 saturated heterocycles. The number of benzene rings is 3. The molecule has 0 aliphatic rings. The van der Waals surface area contributed by atoms with Crippen LogP contribution in [0, 0.1) is 0 Å². The molecule has 3 aromatic carbocycles. The third kappa shape index (κ3) is 6.07. The van der Waals surface area contributed by atoms with E-state index in [9.17, 15) is 13.2 Å². The van der Waals surface area contributed by atoms with Gasteiger partial charge in [0.05, 0.1) is 24.2 Å². The minimum atomic E-state index is -3.91. The van der Waals surface area contributed by atoms with Crippen LogP contribution < -0.4 is 10.1 Å². The number of rotatable bonds is 9. The maximum absolute atomic E-state index is 13.3. The van der Waals surface area contributed by atoms with Gasteiger partial charge in [-0.1, -0.05) is 54.1 Å². The van der Waals surface area contributed by atoms with Gasteiger partial charge in [0.15, 0.2) is 0 Å². The lowest BCUT2D eigenvalue weighted by atomic mass is 10.1. The molecule has 6 nitrogen and oxygen atoms in total. The van der Waals surface area contributed by atoms with Crippen LogP contribution in [0.15, 0.2) is 83.8 Å². The number of hydrogen-bond donors (Lipinski definition) is 1. The zero-order valence-electron chi connectivity index (χ0n) is 17.0. The molecule has 0 aromatic heterocycles. The maximum atomic E-state index is 13.3. The van der Waals surface area contributed by atoms with Crippen molar-refractivity contribution < 1.29 is 17.9 Å². The van der Waals surface area contributed by atoms with Crippen molar-refractivity contribution in [2.75, 3.05) is 25.5 Å². The summed E-state index contributed by atoms with van der Waals surface area (Å²) in [5.74, 6) is 0.0299. The highest BCUT2D eigenvalue weighted by Gasteiger charge is 2.27. The Bertz CT molecular complexity index is 1120. The first kappa shape index (κ1) is 22.8. The average molecular weight is 459 g/mol. The largest absolute Gasteiger partial charge is 0.495 e. The van der Waals surface area contributed by atoms with E-state index in [1.165, 1.54) is 35.7 Å². The predicted molar refractivity (Wildman–Crippen MR) is 122 cm³/mol. The molecule has 0 heterocycles. The Morgan fingerprint density at radius 2 is 1.61 bits per heavy atom. The quantitative estimate of drug-likeness (QED) is 0.521. The van der Waals surface area contributed by atoms with E-state index < -0.39 is 15.9 Å². The number of methoxy groups -OCH3 is 1. The summed E-state index contributed by atoms with van der Waals surface area (Å²) in [6.45, 7) is -0.190. The fraction of sp³-hybridized carbons (Fsp3) is 0.174. The highest BCUT2D eigenvalue weighted by Crippen LogP contribution is 2.24. The number of sulfonamides is 1. The molecule has 0 radical (unpaired) electrons. The third-order valence-corrected chi connectivity index (χ3v) is 6.76. The monoisotopic (exact) mass is 458 g/mol. The maximum Gasteiger partial charge on any atom is 0.243 e. The van der Waals surface area contributed by atoms with Crippen LogP contribution in [0.25, 0.3) is 0 Å². The normalized spacial score (nSPS) is 11.3. The summed E-state index contributed by atoms with van der Waals surface area (Å²) >= 11 is 5.90. The summed E-state index contributed by atoms with van der Waals surface area (Å²) in [6, 6.07) is 22.4. The molecule has 0 aliphatic heterocycles. The van der Waals surface area contributed by atoms with Crippen LogP contribution in [0.1, 0.15) is 5.56 Å². The second-order valence-corrected chi connectivity index (χ2v) is 9.15. The topological polar surface area (TPSA) is 75.7 Å². The van der Waals surface area contributed by atoms with Gasteiger partial charge < -0.3 is 10.1 Å². The molecular weight excluding hydrogens is 436 g/mol. The Hall–Kier alpha value is -2.87. The number of nitrogens with one attached hydrogen (secondary N) is 1. The first-order valence-corrected chi connectivity index (χ1v) is 11.4. The fourth-order valence-corrected chi connectivity index (χ4v) is 4.56. The van der Waals surface area contributed by atoms with E-state index in [2.05, 4.69) is 5.32 Å². The molecule has 3 aromatic rings. The van der Waals surface area contributed by atoms with Crippen LogP contribution in [0.4, 0.5) is 5.69 Å². The summed E-state index contributed by atoms with van der Waals surface area (Å²) in [7, 11) is -2.41. The van der Waals surface area contributed by atoms with Crippen molar-refractivity contribution in [3.63, 3.8) is 0 Å². The molecule has 0 saturated carbocycles. The number of amides is 1. The minimum absolute atomic E-state index is 0.0788. The highest BCUT2D eigenvalue weighted by atomic mass is 35.5. The lowest BCUT2D eigenvalue weighted by molar-refractivity contribution is -0.116. The van der Waals surface area contributed by atoms with Crippen molar-refractivity contribution in [3.05, 3.63) is 89.4 Å². The standard InChI is InChI=1S/C23H23ClN2O4S/c1-30-22-10-6-5-9-21(22)25-23(27)17-26(16-15-18-7-3-2-4-8-18)31(28,29)20-13-11-19(24)12-14-20/h2-14H,15-17H2,1H3,(H,25,27). The molecule has 31 heavy (non-hydrogen) atoms. The highest BCUT2D eigenvalue weighted by molar-refractivity contribution is 7.89. The SMILES string of the molecule is COc1ccccc1NC(=O)CN(CCc1ccccc1)S(=O)(=O)c1ccc(Cl)cc1. The molecule has 0 atom stereocenters. The Labute approximate surface area is 187 Å². The van der Waals surface area contributed by atoms with Gasteiger partial charge in [-0.25, -0.2) is 8.42 Å². The van der Waals surface area contributed by atoms with Gasteiger partial charge in [-0.2, -0.15) is 4.31 Å². The number of ether oxygens (including phenoxy) is 1. The van der Waals surface area contributed by atoms with E-state index in [1.54, 1.807) is 24.3 Å². The molecule has 3 rings (SSSR count). The van der Waals surface area contributed by atoms with Gasteiger partial charge in [-0.3, -0.25) is 4.79 Å². The molecule has 0 unspecified atom stereocenters. The van der Waals surface area contributed by atoms with Crippen LogP contribution in [-0.2, 0) is 21.2 Å². The van der Waals surface area contributed by atoms with Crippen molar-refractivity contribution in [2.45, 2.75) is 11.3 Å². The number of carbonyl (C=O) groups excluding carboxylic acids is 1. The van der Waals surface area contributed by atoms with Crippen molar-refractivity contribution in [1.29, 1.82) is 0 Å². The predicted octanol–water partition coefficient (Wildman–Crippen LogP) is 4.22. The first-order valence-electron chi connectivity index (χ1n) is 9.62. The number of halogens is 1. The summed E-state index contributed by atoms with van der Waals surface area (Å²) in [6.07, 6.45) is 0.468. The van der Waals surface area contributed by atoms with E-state index in [-0.39, 0.29) is 18.0 Å². The van der Waals surface area contributed by atoms with Crippen molar-refractivity contribution in [1.82, 2.24) is 4.31 Å². The Balaban J connectivity index is 1.82. The summed E-state index contributed by atoms with van der Waals surface area (Å²) < 4.78 is 32.9. The van der Waals surface area contributed by atoms with Crippen molar-refractivity contribution in [3.8, 4) is 5.75 Å². The summed E-state index contributed by atoms with van der Waals surface area (Å²) in [5, 5.41) is 3.17. The molecule has 0 fully saturated rings. The molecule has 162 valence electrons. The van der Waals surface area contributed by atoms with Gasteiger partial charge in [0, 0.05) is 11.6 Å². The molecule has 0 aliphatic carbocycles. The summed E-state index contributed by atoms with van der Waals surface area (Å²) in [5.41, 5.74) is 1.45. The Morgan fingerprint density at radius 1 is 0.968 bits per heavy atom. The second kappa shape index (κ2) is 10.4. The van der Waals surface area contributed by atoms with Crippen LogP contribution in [0.3, 0.4) is 0 Å². The molecular formula is C23H23ClN2O4S. The Morgan fingerprint density at radius 3 is 2.29 bits per heavy atom. The molecule has 0 spiro atoms. The third-order valence-electron chi connectivity index (χ3n) is 4.65. The van der Waals surface area contributed by atoms with E-state index >= 15 is 0 Å². The van der Waals surface area contributed by atoms with Gasteiger partial charge in [0.2, 0.25) is 15.9 Å². The minimum Gasteiger partial charge on any atom is -0.495 e. The van der Waals surface area contributed by atoms with Crippen LogP contribution >= 0.6 is 11.6 Å². The van der Waals surface area contributed by atoms with Gasteiger partial charge >= 0.3 is 0 Å². The van der Waals surface area contributed by atoms with Crippen molar-refractivity contribution in [2.24, 2.45) is 0 Å². The lowest BCUT2D eigenvalue weighted by Crippen LogP contribution is -2.39. The Kier molecular flexibility index (Phi) is 7.68. The van der Waals surface area contributed by atoms with Crippen LogP contribution in [-0.4, -0.2) is 38.8 Å². The molecule has 1 N–H and O–H groups in total. The smallest absolute Gasteiger partial charge is 0.243 e. The molecule has 0 bridgehead atoms. The number of anilines is 1. The van der Waals surface area contributed by atoms with E-state index in [0.717, 1.165) is 5.56 Å². The van der Waals surface area contributed by atoms with E-state index in [1.807, 2.05) is 30.3 Å². The number of para-hydroxylation sites is 2. The zero-order valence-corrected chi connectivity index (χ0v) is 18.6. The first-order chi connectivity index (χ1) is 14.9. The van der Waals surface area contributed by atoms with Gasteiger partial charge in [0.25, 0.3) is 0 Å². The number of hydrogen-bond acceptors (Lipinski definition) is 4. The number of nitrogens with zero attached hydrogens (tertiary/aromatic N) is 1. The zero-order chi connectivity index (χ0) is 22.3. The van der Waals surface area contributed by atoms with Crippen LogP contribution in [0.2, 0.25) is 5.02 Å². The fourth-order valence-electron chi connectivity index (χ4n) is 3.04. The summed E-state index contributed by atoms with van der Waals surface area (Å²) in [4.78, 5) is 12.8. The average Bonchev–Trinajstić information content (AvgIpc) is 2.78. The molecule has 1 amide bonds. The lowest BCUT2D eigenvalue weighted by Gasteiger charge is -2.22. The van der Waals surface area contributed by atoms with E-state index in [4.69, 9.17) is 16.3 Å². The molecule has 8 heteroatoms. The van der Waals surface area contributed by atoms with Crippen LogP contribution in [0.5, 0.6) is 5.75 Å². The van der Waals surface area contributed by atoms with Gasteiger partial charge in [-0.15, -0.1) is 0 Å². The second-order valence-electron chi connectivity index (χ2n) is 6.78. The van der Waals surface area contributed by atoms with Gasteiger partial charge in [0.1, 0.15) is 5.75 Å². The number of carbonyl (C=O) groups is 1. The van der Waals surface area contributed by atoms with E-state index in [0.29, 0.717) is 22.9 Å².